The van der Waals surface area contributed by atoms with Crippen LogP contribution in [0.2, 0.25) is 5.02 Å². The summed E-state index contributed by atoms with van der Waals surface area (Å²) in [5.74, 6) is -0.400. The third kappa shape index (κ3) is 3.01. The first-order chi connectivity index (χ1) is 9.29. The minimum atomic E-state index is -3.87. The zero-order valence-electron chi connectivity index (χ0n) is 10.4. The van der Waals surface area contributed by atoms with Crippen molar-refractivity contribution in [3.63, 3.8) is 0 Å². The van der Waals surface area contributed by atoms with E-state index in [-0.39, 0.29) is 21.4 Å². The number of anilines is 1. The summed E-state index contributed by atoms with van der Waals surface area (Å²) in [6.45, 7) is 1.71. The summed E-state index contributed by atoms with van der Waals surface area (Å²) in [5, 5.41) is 7.69. The van der Waals surface area contributed by atoms with Crippen molar-refractivity contribution in [1.82, 2.24) is 0 Å². The summed E-state index contributed by atoms with van der Waals surface area (Å²) in [6.07, 6.45) is 1.38. The Kier molecular flexibility index (Phi) is 3.85. The van der Waals surface area contributed by atoms with Crippen molar-refractivity contribution in [2.45, 2.75) is 11.8 Å². The number of amides is 1. The van der Waals surface area contributed by atoms with Crippen LogP contribution in [0.5, 0.6) is 0 Å². The Balaban J connectivity index is 2.34. The van der Waals surface area contributed by atoms with Gasteiger partial charge in [-0.15, -0.1) is 0 Å². The molecular formula is C12H11ClN2O4S. The van der Waals surface area contributed by atoms with Gasteiger partial charge in [0.25, 0.3) is 5.91 Å². The van der Waals surface area contributed by atoms with Gasteiger partial charge in [-0.2, -0.15) is 0 Å². The number of carbonyl (C=O) groups is 1. The van der Waals surface area contributed by atoms with Crippen LogP contribution in [0.15, 0.2) is 39.8 Å². The molecule has 1 heterocycles. The Hall–Kier alpha value is -1.83. The van der Waals surface area contributed by atoms with E-state index in [0.717, 1.165) is 0 Å². The zero-order chi connectivity index (χ0) is 14.9. The van der Waals surface area contributed by atoms with E-state index in [1.165, 1.54) is 24.5 Å². The molecule has 0 spiro atoms. The van der Waals surface area contributed by atoms with Gasteiger partial charge in [0.15, 0.2) is 5.76 Å². The van der Waals surface area contributed by atoms with Crippen LogP contribution in [-0.2, 0) is 10.0 Å². The highest BCUT2D eigenvalue weighted by atomic mass is 35.5. The van der Waals surface area contributed by atoms with E-state index in [0.29, 0.717) is 5.56 Å². The highest BCUT2D eigenvalue weighted by Gasteiger charge is 2.16. The summed E-state index contributed by atoms with van der Waals surface area (Å²) in [5.41, 5.74) is 0.792. The average Bonchev–Trinajstić information content (AvgIpc) is 2.77. The highest BCUT2D eigenvalue weighted by molar-refractivity contribution is 7.89. The van der Waals surface area contributed by atoms with Crippen LogP contribution in [-0.4, -0.2) is 14.3 Å². The Morgan fingerprint density at radius 1 is 1.35 bits per heavy atom. The molecule has 0 saturated carbocycles. The topological polar surface area (TPSA) is 102 Å². The molecule has 2 rings (SSSR count). The highest BCUT2D eigenvalue weighted by Crippen LogP contribution is 2.25. The van der Waals surface area contributed by atoms with E-state index in [1.54, 1.807) is 13.0 Å². The summed E-state index contributed by atoms with van der Waals surface area (Å²) < 4.78 is 27.6. The molecule has 106 valence electrons. The maximum Gasteiger partial charge on any atom is 0.291 e. The molecular weight excluding hydrogens is 304 g/mol. The van der Waals surface area contributed by atoms with Crippen LogP contribution < -0.4 is 10.5 Å². The van der Waals surface area contributed by atoms with Crippen molar-refractivity contribution in [2.75, 3.05) is 5.32 Å². The molecule has 1 aromatic carbocycles. The van der Waals surface area contributed by atoms with Crippen molar-refractivity contribution in [1.29, 1.82) is 0 Å². The van der Waals surface area contributed by atoms with Crippen molar-refractivity contribution >= 4 is 33.2 Å². The first kappa shape index (κ1) is 14.6. The standard InChI is InChI=1S/C12H11ClN2O4S/c1-7-4-5-19-11(7)12(16)15-10-6-8(20(14,17)18)2-3-9(10)13/h2-6H,1H3,(H,15,16)(H2,14,17,18). The van der Waals surface area contributed by atoms with Gasteiger partial charge in [0, 0.05) is 5.56 Å². The molecule has 1 aromatic heterocycles. The summed E-state index contributed by atoms with van der Waals surface area (Å²) in [4.78, 5) is 11.8. The van der Waals surface area contributed by atoms with E-state index >= 15 is 0 Å². The molecule has 0 fully saturated rings. The lowest BCUT2D eigenvalue weighted by molar-refractivity contribution is 0.0996. The summed E-state index contributed by atoms with van der Waals surface area (Å²) in [6, 6.07) is 5.42. The number of aryl methyl sites for hydroxylation is 1. The second-order valence-corrected chi connectivity index (χ2v) is 6.04. The predicted octanol–water partition coefficient (Wildman–Crippen LogP) is 2.14. The van der Waals surface area contributed by atoms with E-state index < -0.39 is 15.9 Å². The van der Waals surface area contributed by atoms with Crippen molar-refractivity contribution in [2.24, 2.45) is 5.14 Å². The zero-order valence-corrected chi connectivity index (χ0v) is 12.0. The molecule has 0 radical (unpaired) electrons. The van der Waals surface area contributed by atoms with E-state index in [9.17, 15) is 13.2 Å². The van der Waals surface area contributed by atoms with Gasteiger partial charge < -0.3 is 9.73 Å². The normalized spacial score (nSPS) is 11.3. The number of carbonyl (C=O) groups excluding carboxylic acids is 1. The van der Waals surface area contributed by atoms with Gasteiger partial charge >= 0.3 is 0 Å². The number of nitrogens with one attached hydrogen (secondary N) is 1. The fourth-order valence-corrected chi connectivity index (χ4v) is 2.27. The lowest BCUT2D eigenvalue weighted by Crippen LogP contribution is -2.15. The number of rotatable bonds is 3. The van der Waals surface area contributed by atoms with E-state index in [4.69, 9.17) is 21.2 Å². The third-order valence-corrected chi connectivity index (χ3v) is 3.82. The minimum absolute atomic E-state index is 0.127. The third-order valence-electron chi connectivity index (χ3n) is 2.58. The molecule has 0 bridgehead atoms. The smallest absolute Gasteiger partial charge is 0.291 e. The molecule has 0 saturated heterocycles. The number of furan rings is 1. The monoisotopic (exact) mass is 314 g/mol. The number of benzene rings is 1. The Bertz CT molecular complexity index is 768. The number of primary sulfonamides is 1. The maximum absolute atomic E-state index is 12.0. The molecule has 0 atom stereocenters. The van der Waals surface area contributed by atoms with Gasteiger partial charge in [-0.3, -0.25) is 4.79 Å². The van der Waals surface area contributed by atoms with Crippen molar-refractivity contribution in [3.05, 3.63) is 46.9 Å². The predicted molar refractivity (Wildman–Crippen MR) is 74.2 cm³/mol. The Morgan fingerprint density at radius 3 is 2.60 bits per heavy atom. The number of hydrogen-bond donors (Lipinski definition) is 2. The average molecular weight is 315 g/mol. The molecule has 0 unspecified atom stereocenters. The number of nitrogens with two attached hydrogens (primary N) is 1. The summed E-state index contributed by atoms with van der Waals surface area (Å²) in [7, 11) is -3.87. The van der Waals surface area contributed by atoms with Gasteiger partial charge in [0.2, 0.25) is 10.0 Å². The SMILES string of the molecule is Cc1ccoc1C(=O)Nc1cc(S(N)(=O)=O)ccc1Cl. The maximum atomic E-state index is 12.0. The van der Waals surface area contributed by atoms with Gasteiger partial charge in [-0.1, -0.05) is 11.6 Å². The van der Waals surface area contributed by atoms with Crippen LogP contribution >= 0.6 is 11.6 Å². The van der Waals surface area contributed by atoms with Gasteiger partial charge in [-0.05, 0) is 31.2 Å². The largest absolute Gasteiger partial charge is 0.459 e. The van der Waals surface area contributed by atoms with Gasteiger partial charge in [-0.25, -0.2) is 13.6 Å². The fourth-order valence-electron chi connectivity index (χ4n) is 1.56. The van der Waals surface area contributed by atoms with Crippen LogP contribution in [0.3, 0.4) is 0 Å². The molecule has 20 heavy (non-hydrogen) atoms. The van der Waals surface area contributed by atoms with Gasteiger partial charge in [0.1, 0.15) is 0 Å². The van der Waals surface area contributed by atoms with Crippen molar-refractivity contribution < 1.29 is 17.6 Å². The second kappa shape index (κ2) is 5.28. The number of hydrogen-bond acceptors (Lipinski definition) is 4. The molecule has 0 aliphatic rings. The molecule has 1 amide bonds. The number of halogens is 1. The molecule has 0 aliphatic heterocycles. The van der Waals surface area contributed by atoms with E-state index in [2.05, 4.69) is 5.32 Å². The summed E-state index contributed by atoms with van der Waals surface area (Å²) >= 11 is 5.91. The van der Waals surface area contributed by atoms with E-state index in [1.807, 2.05) is 0 Å². The number of sulfonamides is 1. The molecule has 6 nitrogen and oxygen atoms in total. The van der Waals surface area contributed by atoms with Gasteiger partial charge in [0.05, 0.1) is 21.9 Å². The molecule has 3 N–H and O–H groups in total. The van der Waals surface area contributed by atoms with Crippen LogP contribution in [0.1, 0.15) is 16.1 Å². The fraction of sp³-hybridized carbons (Fsp3) is 0.0833. The van der Waals surface area contributed by atoms with Crippen LogP contribution in [0.4, 0.5) is 5.69 Å². The molecule has 2 aromatic rings. The van der Waals surface area contributed by atoms with Crippen molar-refractivity contribution in [3.8, 4) is 0 Å². The first-order valence-electron chi connectivity index (χ1n) is 5.47. The van der Waals surface area contributed by atoms with Crippen LogP contribution in [0, 0.1) is 6.92 Å². The Morgan fingerprint density at radius 2 is 2.05 bits per heavy atom. The quantitative estimate of drug-likeness (QED) is 0.905. The lowest BCUT2D eigenvalue weighted by atomic mass is 10.2. The Labute approximate surface area is 120 Å². The first-order valence-corrected chi connectivity index (χ1v) is 7.39. The van der Waals surface area contributed by atoms with Crippen LogP contribution in [0.25, 0.3) is 0 Å². The second-order valence-electron chi connectivity index (χ2n) is 4.07. The lowest BCUT2D eigenvalue weighted by Gasteiger charge is -2.08. The minimum Gasteiger partial charge on any atom is -0.459 e. The molecule has 8 heteroatoms. The molecule has 0 aliphatic carbocycles.